The molecule has 1 N–H and O–H groups in total. The maximum absolute atomic E-state index is 11.8. The number of hydrogen-bond donors (Lipinski definition) is 1. The highest BCUT2D eigenvalue weighted by atomic mass is 16.5. The molecule has 3 nitrogen and oxygen atoms in total. The molecule has 20 heavy (non-hydrogen) atoms. The standard InChI is InChI=1S/C17H19NO2/c1-12-5-4-6-15(10-12)18-17(19)11-20-16-8-7-13(2)9-14(16)3/h4-10H,11H2,1-3H3,(H,18,19). The van der Waals surface area contributed by atoms with Gasteiger partial charge in [0.05, 0.1) is 0 Å². The number of rotatable bonds is 4. The zero-order valence-corrected chi connectivity index (χ0v) is 12.1. The maximum atomic E-state index is 11.8. The van der Waals surface area contributed by atoms with Gasteiger partial charge >= 0.3 is 0 Å². The number of anilines is 1. The van der Waals surface area contributed by atoms with Crippen LogP contribution >= 0.6 is 0 Å². The van der Waals surface area contributed by atoms with Crippen molar-refractivity contribution in [3.63, 3.8) is 0 Å². The quantitative estimate of drug-likeness (QED) is 0.920. The largest absolute Gasteiger partial charge is 0.483 e. The zero-order chi connectivity index (χ0) is 14.5. The Bertz CT molecular complexity index is 620. The molecule has 0 aliphatic heterocycles. The van der Waals surface area contributed by atoms with E-state index in [0.29, 0.717) is 0 Å². The highest BCUT2D eigenvalue weighted by Gasteiger charge is 2.05. The van der Waals surface area contributed by atoms with Crippen molar-refractivity contribution in [2.45, 2.75) is 20.8 Å². The number of benzene rings is 2. The fourth-order valence-electron chi connectivity index (χ4n) is 2.02. The summed E-state index contributed by atoms with van der Waals surface area (Å²) < 4.78 is 5.54. The van der Waals surface area contributed by atoms with Gasteiger partial charge in [-0.2, -0.15) is 0 Å². The average molecular weight is 269 g/mol. The SMILES string of the molecule is Cc1cccc(NC(=O)COc2ccc(C)cc2C)c1. The van der Waals surface area contributed by atoms with E-state index in [4.69, 9.17) is 4.74 Å². The monoisotopic (exact) mass is 269 g/mol. The summed E-state index contributed by atoms with van der Waals surface area (Å²) in [6.45, 7) is 6.00. The Kier molecular flexibility index (Phi) is 4.41. The van der Waals surface area contributed by atoms with Crippen LogP contribution in [0.5, 0.6) is 5.75 Å². The van der Waals surface area contributed by atoms with Crippen LogP contribution in [-0.4, -0.2) is 12.5 Å². The Morgan fingerprint density at radius 3 is 2.50 bits per heavy atom. The number of aryl methyl sites for hydroxylation is 3. The number of carbonyl (C=O) groups excluding carboxylic acids is 1. The van der Waals surface area contributed by atoms with E-state index in [-0.39, 0.29) is 12.5 Å². The molecule has 2 aromatic rings. The van der Waals surface area contributed by atoms with Gasteiger partial charge in [-0.1, -0.05) is 29.8 Å². The molecule has 0 atom stereocenters. The molecule has 0 heterocycles. The van der Waals surface area contributed by atoms with Crippen molar-refractivity contribution >= 4 is 11.6 Å². The first-order valence-corrected chi connectivity index (χ1v) is 6.61. The summed E-state index contributed by atoms with van der Waals surface area (Å²) in [5, 5.41) is 2.82. The van der Waals surface area contributed by atoms with E-state index in [9.17, 15) is 4.79 Å². The van der Waals surface area contributed by atoms with Gasteiger partial charge in [0, 0.05) is 5.69 Å². The molecule has 0 bridgehead atoms. The second-order valence-corrected chi connectivity index (χ2v) is 4.98. The molecule has 0 aliphatic rings. The minimum Gasteiger partial charge on any atom is -0.483 e. The lowest BCUT2D eigenvalue weighted by Crippen LogP contribution is -2.20. The van der Waals surface area contributed by atoms with Crippen LogP contribution < -0.4 is 10.1 Å². The summed E-state index contributed by atoms with van der Waals surface area (Å²) in [5.41, 5.74) is 4.12. The summed E-state index contributed by atoms with van der Waals surface area (Å²) >= 11 is 0. The van der Waals surface area contributed by atoms with E-state index >= 15 is 0 Å². The minimum absolute atomic E-state index is 0.0117. The number of ether oxygens (including phenoxy) is 1. The van der Waals surface area contributed by atoms with Crippen LogP contribution in [0.4, 0.5) is 5.69 Å². The zero-order valence-electron chi connectivity index (χ0n) is 12.1. The van der Waals surface area contributed by atoms with Crippen LogP contribution in [0, 0.1) is 20.8 Å². The van der Waals surface area contributed by atoms with Crippen molar-refractivity contribution in [3.05, 3.63) is 59.2 Å². The highest BCUT2D eigenvalue weighted by molar-refractivity contribution is 5.91. The molecule has 1 amide bonds. The van der Waals surface area contributed by atoms with Crippen molar-refractivity contribution < 1.29 is 9.53 Å². The van der Waals surface area contributed by atoms with Crippen LogP contribution in [0.15, 0.2) is 42.5 Å². The number of amides is 1. The first-order valence-electron chi connectivity index (χ1n) is 6.61. The third-order valence-electron chi connectivity index (χ3n) is 2.99. The molecular weight excluding hydrogens is 250 g/mol. The van der Waals surface area contributed by atoms with Crippen LogP contribution in [0.1, 0.15) is 16.7 Å². The molecular formula is C17H19NO2. The first-order chi connectivity index (χ1) is 9.54. The van der Waals surface area contributed by atoms with Gasteiger partial charge < -0.3 is 10.1 Å². The molecule has 0 saturated heterocycles. The van der Waals surface area contributed by atoms with Crippen LogP contribution in [0.2, 0.25) is 0 Å². The Morgan fingerprint density at radius 1 is 1.05 bits per heavy atom. The Labute approximate surface area is 119 Å². The lowest BCUT2D eigenvalue weighted by molar-refractivity contribution is -0.118. The van der Waals surface area contributed by atoms with Crippen LogP contribution in [0.25, 0.3) is 0 Å². The fraction of sp³-hybridized carbons (Fsp3) is 0.235. The Hall–Kier alpha value is -2.29. The lowest BCUT2D eigenvalue weighted by Gasteiger charge is -2.10. The molecule has 0 aliphatic carbocycles. The predicted octanol–water partition coefficient (Wildman–Crippen LogP) is 3.63. The van der Waals surface area contributed by atoms with E-state index in [1.165, 1.54) is 5.56 Å². The molecule has 2 aromatic carbocycles. The van der Waals surface area contributed by atoms with Gasteiger partial charge in [0.15, 0.2) is 6.61 Å². The molecule has 0 aromatic heterocycles. The summed E-state index contributed by atoms with van der Waals surface area (Å²) in [4.78, 5) is 11.8. The molecule has 0 radical (unpaired) electrons. The Balaban J connectivity index is 1.92. The summed E-state index contributed by atoms with van der Waals surface area (Å²) in [6.07, 6.45) is 0. The van der Waals surface area contributed by atoms with Crippen LogP contribution in [-0.2, 0) is 4.79 Å². The van der Waals surface area contributed by atoms with Gasteiger partial charge in [-0.15, -0.1) is 0 Å². The van der Waals surface area contributed by atoms with Crippen molar-refractivity contribution in [3.8, 4) is 5.75 Å². The number of carbonyl (C=O) groups is 1. The number of nitrogens with one attached hydrogen (secondary N) is 1. The molecule has 0 fully saturated rings. The minimum atomic E-state index is -0.157. The molecule has 2 rings (SSSR count). The van der Waals surface area contributed by atoms with E-state index < -0.39 is 0 Å². The van der Waals surface area contributed by atoms with Gasteiger partial charge in [-0.25, -0.2) is 0 Å². The topological polar surface area (TPSA) is 38.3 Å². The van der Waals surface area contributed by atoms with Crippen molar-refractivity contribution in [2.75, 3.05) is 11.9 Å². The second kappa shape index (κ2) is 6.24. The van der Waals surface area contributed by atoms with Gasteiger partial charge in [0.1, 0.15) is 5.75 Å². The summed E-state index contributed by atoms with van der Waals surface area (Å²) in [7, 11) is 0. The van der Waals surface area contributed by atoms with Gasteiger partial charge in [0.2, 0.25) is 0 Å². The molecule has 0 unspecified atom stereocenters. The third-order valence-corrected chi connectivity index (χ3v) is 2.99. The van der Waals surface area contributed by atoms with E-state index in [1.54, 1.807) is 0 Å². The van der Waals surface area contributed by atoms with Gasteiger partial charge in [-0.05, 0) is 50.1 Å². The number of hydrogen-bond acceptors (Lipinski definition) is 2. The lowest BCUT2D eigenvalue weighted by atomic mass is 10.1. The normalized spacial score (nSPS) is 10.2. The van der Waals surface area contributed by atoms with Crippen molar-refractivity contribution in [1.82, 2.24) is 0 Å². The molecule has 0 spiro atoms. The Morgan fingerprint density at radius 2 is 1.80 bits per heavy atom. The maximum Gasteiger partial charge on any atom is 0.262 e. The third kappa shape index (κ3) is 3.85. The summed E-state index contributed by atoms with van der Waals surface area (Å²) in [5.74, 6) is 0.588. The van der Waals surface area contributed by atoms with E-state index in [2.05, 4.69) is 5.32 Å². The van der Waals surface area contributed by atoms with Gasteiger partial charge in [0.25, 0.3) is 5.91 Å². The molecule has 104 valence electrons. The molecule has 3 heteroatoms. The van der Waals surface area contributed by atoms with Crippen molar-refractivity contribution in [2.24, 2.45) is 0 Å². The smallest absolute Gasteiger partial charge is 0.262 e. The van der Waals surface area contributed by atoms with Crippen molar-refractivity contribution in [1.29, 1.82) is 0 Å². The van der Waals surface area contributed by atoms with Crippen LogP contribution in [0.3, 0.4) is 0 Å². The highest BCUT2D eigenvalue weighted by Crippen LogP contribution is 2.18. The summed E-state index contributed by atoms with van der Waals surface area (Å²) in [6, 6.07) is 13.6. The predicted molar refractivity (Wildman–Crippen MR) is 81.2 cm³/mol. The van der Waals surface area contributed by atoms with E-state index in [1.807, 2.05) is 63.2 Å². The van der Waals surface area contributed by atoms with Gasteiger partial charge in [-0.3, -0.25) is 4.79 Å². The average Bonchev–Trinajstić information content (AvgIpc) is 2.37. The second-order valence-electron chi connectivity index (χ2n) is 4.98. The fourth-order valence-corrected chi connectivity index (χ4v) is 2.02. The first kappa shape index (κ1) is 14.1. The molecule has 0 saturated carbocycles. The van der Waals surface area contributed by atoms with E-state index in [0.717, 1.165) is 22.6 Å².